The van der Waals surface area contributed by atoms with E-state index in [4.69, 9.17) is 16.7 Å². The lowest BCUT2D eigenvalue weighted by molar-refractivity contribution is -0.138. The number of hydrogen-bond acceptors (Lipinski definition) is 2. The molecule has 4 nitrogen and oxygen atoms in total. The average molecular weight is 220 g/mol. The molecule has 0 aliphatic heterocycles. The highest BCUT2D eigenvalue weighted by Crippen LogP contribution is 2.34. The lowest BCUT2D eigenvalue weighted by Gasteiger charge is -2.29. The molecule has 0 atom stereocenters. The van der Waals surface area contributed by atoms with Crippen LogP contribution in [-0.2, 0) is 9.59 Å². The predicted octanol–water partition coefficient (Wildman–Crippen LogP) is 1.13. The summed E-state index contributed by atoms with van der Waals surface area (Å²) >= 11 is 6.10. The minimum absolute atomic E-state index is 0.346. The van der Waals surface area contributed by atoms with Gasteiger partial charge < -0.3 is 10.4 Å². The summed E-state index contributed by atoms with van der Waals surface area (Å²) in [6.45, 7) is -0.354. The normalized spacial score (nSPS) is 20.1. The molecule has 0 bridgehead atoms. The molecule has 5 heteroatoms. The van der Waals surface area contributed by atoms with Gasteiger partial charge in [-0.15, -0.1) is 11.6 Å². The van der Waals surface area contributed by atoms with Crippen LogP contribution in [0.4, 0.5) is 0 Å². The summed E-state index contributed by atoms with van der Waals surface area (Å²) in [4.78, 5) is 20.9. The van der Waals surface area contributed by atoms with E-state index in [1.165, 1.54) is 0 Å². The van der Waals surface area contributed by atoms with Gasteiger partial charge in [0.2, 0.25) is 5.91 Å². The Hall–Kier alpha value is -0.770. The van der Waals surface area contributed by atoms with E-state index in [0.717, 1.165) is 19.3 Å². The number of carbonyl (C=O) groups excluding carboxylic acids is 1. The van der Waals surface area contributed by atoms with Crippen LogP contribution in [-0.4, -0.2) is 28.4 Å². The molecule has 1 fully saturated rings. The highest BCUT2D eigenvalue weighted by Gasteiger charge is 2.37. The Bertz CT molecular complexity index is 236. The Kier molecular flexibility index (Phi) is 3.75. The number of carboxylic acid groups (broad SMARTS) is 1. The fraction of sp³-hybridized carbons (Fsp3) is 0.778. The van der Waals surface area contributed by atoms with Crippen molar-refractivity contribution in [3.8, 4) is 0 Å². The van der Waals surface area contributed by atoms with Crippen molar-refractivity contribution in [3.05, 3.63) is 0 Å². The summed E-state index contributed by atoms with van der Waals surface area (Å²) in [5.41, 5.74) is 0. The molecule has 1 amide bonds. The van der Waals surface area contributed by atoms with Crippen molar-refractivity contribution in [2.45, 2.75) is 37.0 Å². The first-order valence-corrected chi connectivity index (χ1v) is 5.11. The van der Waals surface area contributed by atoms with Crippen LogP contribution < -0.4 is 5.32 Å². The van der Waals surface area contributed by atoms with Crippen molar-refractivity contribution in [1.29, 1.82) is 0 Å². The third-order valence-electron chi connectivity index (χ3n) is 2.45. The van der Waals surface area contributed by atoms with Gasteiger partial charge in [-0.2, -0.15) is 0 Å². The van der Waals surface area contributed by atoms with E-state index in [0.29, 0.717) is 12.8 Å². The highest BCUT2D eigenvalue weighted by molar-refractivity contribution is 6.35. The molecule has 0 aromatic heterocycles. The molecule has 0 spiro atoms. The molecular formula is C9H14ClNO3. The smallest absolute Gasteiger partial charge is 0.322 e. The van der Waals surface area contributed by atoms with E-state index >= 15 is 0 Å². The molecule has 14 heavy (non-hydrogen) atoms. The minimum atomic E-state index is -1.05. The first-order chi connectivity index (χ1) is 6.54. The number of carboxylic acids is 1. The molecule has 2 N–H and O–H groups in total. The van der Waals surface area contributed by atoms with Crippen LogP contribution in [0.15, 0.2) is 0 Å². The number of rotatable bonds is 3. The lowest BCUT2D eigenvalue weighted by atomic mass is 9.88. The molecule has 80 valence electrons. The standard InChI is InChI=1S/C9H14ClNO3/c10-9(4-2-1-3-5-9)8(14)11-6-7(12)13/h1-6H2,(H,11,14)(H,12,13). The zero-order valence-electron chi connectivity index (χ0n) is 7.88. The first kappa shape index (κ1) is 11.3. The highest BCUT2D eigenvalue weighted by atomic mass is 35.5. The van der Waals surface area contributed by atoms with E-state index in [-0.39, 0.29) is 12.5 Å². The van der Waals surface area contributed by atoms with Crippen molar-refractivity contribution < 1.29 is 14.7 Å². The van der Waals surface area contributed by atoms with Gasteiger partial charge in [0, 0.05) is 0 Å². The van der Waals surface area contributed by atoms with Crippen LogP contribution in [0.1, 0.15) is 32.1 Å². The van der Waals surface area contributed by atoms with E-state index in [2.05, 4.69) is 5.32 Å². The third-order valence-corrected chi connectivity index (χ3v) is 3.00. The fourth-order valence-corrected chi connectivity index (χ4v) is 1.99. The van der Waals surface area contributed by atoms with Crippen molar-refractivity contribution >= 4 is 23.5 Å². The van der Waals surface area contributed by atoms with Crippen molar-refractivity contribution in [2.24, 2.45) is 0 Å². The molecule has 0 radical (unpaired) electrons. The van der Waals surface area contributed by atoms with Gasteiger partial charge in [0.25, 0.3) is 0 Å². The summed E-state index contributed by atoms with van der Waals surface area (Å²) in [5.74, 6) is -1.39. The zero-order valence-corrected chi connectivity index (χ0v) is 8.64. The zero-order chi connectivity index (χ0) is 10.6. The van der Waals surface area contributed by atoms with Gasteiger partial charge in [0.15, 0.2) is 0 Å². The second-order valence-corrected chi connectivity index (χ2v) is 4.33. The van der Waals surface area contributed by atoms with Crippen LogP contribution in [0.3, 0.4) is 0 Å². The maximum Gasteiger partial charge on any atom is 0.322 e. The molecule has 1 saturated carbocycles. The van der Waals surface area contributed by atoms with Gasteiger partial charge in [-0.05, 0) is 12.8 Å². The summed E-state index contributed by atoms with van der Waals surface area (Å²) in [6, 6.07) is 0. The summed E-state index contributed by atoms with van der Waals surface area (Å²) in [7, 11) is 0. The first-order valence-electron chi connectivity index (χ1n) is 4.74. The number of hydrogen-bond donors (Lipinski definition) is 2. The van der Waals surface area contributed by atoms with E-state index in [1.807, 2.05) is 0 Å². The minimum Gasteiger partial charge on any atom is -0.480 e. The van der Waals surface area contributed by atoms with E-state index < -0.39 is 10.8 Å². The largest absolute Gasteiger partial charge is 0.480 e. The Labute approximate surface area is 87.6 Å². The third kappa shape index (κ3) is 2.87. The molecule has 0 aromatic rings. The van der Waals surface area contributed by atoms with Gasteiger partial charge in [0.1, 0.15) is 11.4 Å². The Morgan fingerprint density at radius 1 is 1.29 bits per heavy atom. The predicted molar refractivity (Wildman–Crippen MR) is 52.3 cm³/mol. The Balaban J connectivity index is 2.45. The Morgan fingerprint density at radius 3 is 2.36 bits per heavy atom. The van der Waals surface area contributed by atoms with Gasteiger partial charge in [-0.1, -0.05) is 19.3 Å². The number of amides is 1. The summed E-state index contributed by atoms with van der Waals surface area (Å²) in [5, 5.41) is 10.7. The van der Waals surface area contributed by atoms with Crippen LogP contribution in [0.5, 0.6) is 0 Å². The number of carbonyl (C=O) groups is 2. The Morgan fingerprint density at radius 2 is 1.86 bits per heavy atom. The SMILES string of the molecule is O=C(O)CNC(=O)C1(Cl)CCCCC1. The number of alkyl halides is 1. The molecule has 0 saturated heterocycles. The van der Waals surface area contributed by atoms with Crippen molar-refractivity contribution in [2.75, 3.05) is 6.54 Å². The van der Waals surface area contributed by atoms with Crippen LogP contribution in [0.2, 0.25) is 0 Å². The second kappa shape index (κ2) is 4.64. The molecule has 0 heterocycles. The fourth-order valence-electron chi connectivity index (χ4n) is 1.65. The second-order valence-electron chi connectivity index (χ2n) is 3.60. The molecule has 0 aromatic carbocycles. The summed E-state index contributed by atoms with van der Waals surface area (Å²) in [6.07, 6.45) is 4.24. The lowest BCUT2D eigenvalue weighted by Crippen LogP contribution is -2.45. The maximum atomic E-state index is 11.5. The van der Waals surface area contributed by atoms with E-state index in [9.17, 15) is 9.59 Å². The van der Waals surface area contributed by atoms with Gasteiger partial charge >= 0.3 is 5.97 Å². The van der Waals surface area contributed by atoms with E-state index in [1.54, 1.807) is 0 Å². The van der Waals surface area contributed by atoms with Crippen LogP contribution >= 0.6 is 11.6 Å². The average Bonchev–Trinajstić information content (AvgIpc) is 2.15. The van der Waals surface area contributed by atoms with Gasteiger partial charge in [-0.25, -0.2) is 0 Å². The molecule has 0 unspecified atom stereocenters. The van der Waals surface area contributed by atoms with Crippen LogP contribution in [0, 0.1) is 0 Å². The van der Waals surface area contributed by atoms with Gasteiger partial charge in [0.05, 0.1) is 0 Å². The molecule has 1 rings (SSSR count). The quantitative estimate of drug-likeness (QED) is 0.700. The van der Waals surface area contributed by atoms with Gasteiger partial charge in [-0.3, -0.25) is 9.59 Å². The maximum absolute atomic E-state index is 11.5. The molecule has 1 aliphatic carbocycles. The number of nitrogens with one attached hydrogen (secondary N) is 1. The van der Waals surface area contributed by atoms with Crippen LogP contribution in [0.25, 0.3) is 0 Å². The number of halogens is 1. The topological polar surface area (TPSA) is 66.4 Å². The van der Waals surface area contributed by atoms with Crippen molar-refractivity contribution in [3.63, 3.8) is 0 Å². The molecular weight excluding hydrogens is 206 g/mol. The van der Waals surface area contributed by atoms with Crippen molar-refractivity contribution in [1.82, 2.24) is 5.32 Å². The molecule has 1 aliphatic rings. The number of aliphatic carboxylic acids is 1. The summed E-state index contributed by atoms with van der Waals surface area (Å²) < 4.78 is 0. The monoisotopic (exact) mass is 219 g/mol.